The number of rotatable bonds is 7. The van der Waals surface area contributed by atoms with Gasteiger partial charge in [0.2, 0.25) is 0 Å². The molecule has 2 aromatic heterocycles. The van der Waals surface area contributed by atoms with E-state index in [-0.39, 0.29) is 24.5 Å². The molecule has 0 radical (unpaired) electrons. The molecule has 9 heteroatoms. The van der Waals surface area contributed by atoms with Crippen molar-refractivity contribution in [1.29, 1.82) is 0 Å². The minimum Gasteiger partial charge on any atom is -0.364 e. The Morgan fingerprint density at radius 3 is 2.85 bits per heavy atom. The number of hydrogen-bond donors (Lipinski definition) is 0. The number of ether oxygens (including phenoxy) is 1. The molecule has 26 heavy (non-hydrogen) atoms. The van der Waals surface area contributed by atoms with Gasteiger partial charge in [-0.3, -0.25) is 0 Å². The average molecular weight is 379 g/mol. The van der Waals surface area contributed by atoms with Gasteiger partial charge in [0, 0.05) is 17.4 Å². The van der Waals surface area contributed by atoms with Crippen LogP contribution in [0.4, 0.5) is 14.6 Å². The fourth-order valence-corrected chi connectivity index (χ4v) is 3.42. The van der Waals surface area contributed by atoms with Crippen molar-refractivity contribution in [3.63, 3.8) is 0 Å². The molecule has 3 aromatic rings. The molecule has 3 rings (SSSR count). The maximum atomic E-state index is 14.2. The quantitative estimate of drug-likeness (QED) is 0.455. The molecule has 1 aromatic carbocycles. The van der Waals surface area contributed by atoms with Gasteiger partial charge in [0.1, 0.15) is 18.8 Å². The average Bonchev–Trinajstić information content (AvgIpc) is 3.25. The maximum Gasteiger partial charge on any atom is 0.342 e. The summed E-state index contributed by atoms with van der Waals surface area (Å²) in [5.41, 5.74) is 0.0873. The normalized spacial score (nSPS) is 12.3. The van der Waals surface area contributed by atoms with Gasteiger partial charge >= 0.3 is 5.82 Å². The molecular formula is C17H15F2N3O3S. The molecule has 0 aliphatic heterocycles. The maximum absolute atomic E-state index is 14.2. The number of thiophene rings is 1. The van der Waals surface area contributed by atoms with E-state index in [1.54, 1.807) is 19.1 Å². The van der Waals surface area contributed by atoms with E-state index in [1.165, 1.54) is 34.2 Å². The summed E-state index contributed by atoms with van der Waals surface area (Å²) in [5.74, 6) is -1.58. The first-order valence-corrected chi connectivity index (χ1v) is 8.62. The largest absolute Gasteiger partial charge is 0.364 e. The Morgan fingerprint density at radius 2 is 2.15 bits per heavy atom. The fourth-order valence-electron chi connectivity index (χ4n) is 2.63. The van der Waals surface area contributed by atoms with E-state index < -0.39 is 22.7 Å². The predicted molar refractivity (Wildman–Crippen MR) is 92.1 cm³/mol. The topological polar surface area (TPSA) is 70.2 Å². The van der Waals surface area contributed by atoms with Crippen LogP contribution in [0.1, 0.15) is 22.4 Å². The number of halogens is 2. The lowest BCUT2D eigenvalue weighted by Gasteiger charge is -2.18. The van der Waals surface area contributed by atoms with Crippen molar-refractivity contribution in [3.8, 4) is 0 Å². The summed E-state index contributed by atoms with van der Waals surface area (Å²) in [4.78, 5) is 15.2. The van der Waals surface area contributed by atoms with Crippen LogP contribution in [0, 0.1) is 28.7 Å². The molecule has 6 nitrogen and oxygen atoms in total. The smallest absolute Gasteiger partial charge is 0.342 e. The molecule has 0 bridgehead atoms. The number of aromatic nitrogens is 2. The highest BCUT2D eigenvalue weighted by Gasteiger charge is 2.23. The lowest BCUT2D eigenvalue weighted by atomic mass is 10.1. The van der Waals surface area contributed by atoms with Crippen LogP contribution in [0.15, 0.2) is 41.9 Å². The first-order chi connectivity index (χ1) is 12.5. The van der Waals surface area contributed by atoms with E-state index in [0.717, 1.165) is 6.07 Å². The van der Waals surface area contributed by atoms with E-state index in [0.29, 0.717) is 10.7 Å². The number of benzene rings is 1. The molecule has 2 heterocycles. The van der Waals surface area contributed by atoms with Crippen molar-refractivity contribution in [1.82, 2.24) is 9.55 Å². The lowest BCUT2D eigenvalue weighted by molar-refractivity contribution is -0.392. The number of nitrogens with zero attached hydrogens (tertiary/aromatic N) is 3. The number of aryl methyl sites for hydroxylation is 1. The monoisotopic (exact) mass is 379 g/mol. The summed E-state index contributed by atoms with van der Waals surface area (Å²) in [6, 6.07) is 7.49. The molecule has 0 N–H and O–H groups in total. The Balaban J connectivity index is 1.81. The van der Waals surface area contributed by atoms with Crippen LogP contribution < -0.4 is 0 Å². The second-order valence-corrected chi connectivity index (χ2v) is 6.46. The van der Waals surface area contributed by atoms with Gasteiger partial charge in [-0.15, -0.1) is 11.3 Å². The molecule has 1 unspecified atom stereocenters. The summed E-state index contributed by atoms with van der Waals surface area (Å²) in [6.07, 6.45) is 0.381. The fraction of sp³-hybridized carbons (Fsp3) is 0.235. The van der Waals surface area contributed by atoms with E-state index in [9.17, 15) is 18.9 Å². The predicted octanol–water partition coefficient (Wildman–Crippen LogP) is 4.25. The van der Waals surface area contributed by atoms with Gasteiger partial charge in [-0.1, -0.05) is 18.2 Å². The Labute approximate surface area is 151 Å². The van der Waals surface area contributed by atoms with Crippen molar-refractivity contribution < 1.29 is 18.4 Å². The Bertz CT molecular complexity index is 912. The van der Waals surface area contributed by atoms with Crippen molar-refractivity contribution in [2.45, 2.75) is 19.6 Å². The summed E-state index contributed by atoms with van der Waals surface area (Å²) >= 11 is 1.36. The molecule has 0 amide bonds. The SMILES string of the molecule is Cc1ncc([N+](=O)[O-])n1CCOC(c1cccs1)c1cccc(F)c1F. The number of nitro groups is 1. The highest BCUT2D eigenvalue weighted by atomic mass is 32.1. The molecule has 0 saturated heterocycles. The van der Waals surface area contributed by atoms with E-state index in [2.05, 4.69) is 4.98 Å². The summed E-state index contributed by atoms with van der Waals surface area (Å²) < 4.78 is 35.0. The van der Waals surface area contributed by atoms with Crippen molar-refractivity contribution in [2.75, 3.05) is 6.61 Å². The highest BCUT2D eigenvalue weighted by Crippen LogP contribution is 2.32. The molecular weight excluding hydrogens is 364 g/mol. The van der Waals surface area contributed by atoms with Gasteiger partial charge < -0.3 is 14.9 Å². The molecule has 0 fully saturated rings. The minimum atomic E-state index is -0.962. The van der Waals surface area contributed by atoms with Crippen molar-refractivity contribution in [2.24, 2.45) is 0 Å². The highest BCUT2D eigenvalue weighted by molar-refractivity contribution is 7.10. The van der Waals surface area contributed by atoms with E-state index in [4.69, 9.17) is 4.74 Å². The van der Waals surface area contributed by atoms with Crippen LogP contribution in [0.25, 0.3) is 0 Å². The third-order valence-corrected chi connectivity index (χ3v) is 4.80. The van der Waals surface area contributed by atoms with Crippen LogP contribution in [-0.2, 0) is 11.3 Å². The molecule has 0 aliphatic carbocycles. The van der Waals surface area contributed by atoms with Crippen LogP contribution >= 0.6 is 11.3 Å². The number of hydrogen-bond acceptors (Lipinski definition) is 5. The van der Waals surface area contributed by atoms with Crippen LogP contribution in [-0.4, -0.2) is 21.1 Å². The zero-order chi connectivity index (χ0) is 18.7. The van der Waals surface area contributed by atoms with Gasteiger partial charge in [-0.25, -0.2) is 18.3 Å². The Kier molecular flexibility index (Phi) is 5.38. The first kappa shape index (κ1) is 18.2. The van der Waals surface area contributed by atoms with Crippen LogP contribution in [0.5, 0.6) is 0 Å². The lowest BCUT2D eigenvalue weighted by Crippen LogP contribution is -2.14. The summed E-state index contributed by atoms with van der Waals surface area (Å²) in [5, 5.41) is 12.9. The van der Waals surface area contributed by atoms with Crippen molar-refractivity contribution >= 4 is 17.2 Å². The molecule has 136 valence electrons. The van der Waals surface area contributed by atoms with Gasteiger partial charge in [0.15, 0.2) is 17.5 Å². The second kappa shape index (κ2) is 7.71. The van der Waals surface area contributed by atoms with Crippen LogP contribution in [0.2, 0.25) is 0 Å². The third-order valence-electron chi connectivity index (χ3n) is 3.89. The Morgan fingerprint density at radius 1 is 1.35 bits per heavy atom. The van der Waals surface area contributed by atoms with Crippen LogP contribution in [0.3, 0.4) is 0 Å². The molecule has 0 saturated carbocycles. The molecule has 1 atom stereocenters. The van der Waals surface area contributed by atoms with E-state index in [1.807, 2.05) is 5.38 Å². The van der Waals surface area contributed by atoms with Gasteiger partial charge in [-0.05, 0) is 22.4 Å². The first-order valence-electron chi connectivity index (χ1n) is 7.74. The van der Waals surface area contributed by atoms with Gasteiger partial charge in [0.25, 0.3) is 0 Å². The molecule has 0 spiro atoms. The molecule has 0 aliphatic rings. The van der Waals surface area contributed by atoms with Gasteiger partial charge in [0.05, 0.1) is 6.61 Å². The number of imidazole rings is 1. The summed E-state index contributed by atoms with van der Waals surface area (Å²) in [6.45, 7) is 1.88. The van der Waals surface area contributed by atoms with Gasteiger partial charge in [-0.2, -0.15) is 0 Å². The van der Waals surface area contributed by atoms with Crippen molar-refractivity contribution in [3.05, 3.63) is 79.9 Å². The zero-order valence-corrected chi connectivity index (χ0v) is 14.6. The van der Waals surface area contributed by atoms with E-state index >= 15 is 0 Å². The summed E-state index contributed by atoms with van der Waals surface area (Å²) in [7, 11) is 0. The second-order valence-electron chi connectivity index (χ2n) is 5.48. The Hall–Kier alpha value is -2.65. The third kappa shape index (κ3) is 3.63. The standard InChI is InChI=1S/C17H15F2N3O3S/c1-11-20-10-15(22(23)24)21(11)7-8-25-17(14-6-3-9-26-14)12-4-2-5-13(18)16(12)19/h2-6,9-10,17H,7-8H2,1H3. The zero-order valence-electron chi connectivity index (χ0n) is 13.8. The minimum absolute atomic E-state index is 0.0660.